The largest absolute Gasteiger partial charge is 0.494 e. The summed E-state index contributed by atoms with van der Waals surface area (Å²) in [6.45, 7) is 9.46. The van der Waals surface area contributed by atoms with Crippen LogP contribution < -0.4 is 26.4 Å². The molecular formula is C43H54N6O6. The Morgan fingerprint density at radius 3 is 2.02 bits per heavy atom. The molecule has 55 heavy (non-hydrogen) atoms. The molecule has 0 fully saturated rings. The fourth-order valence-electron chi connectivity index (χ4n) is 5.81. The van der Waals surface area contributed by atoms with E-state index < -0.39 is 42.2 Å². The zero-order chi connectivity index (χ0) is 39.8. The van der Waals surface area contributed by atoms with Crippen LogP contribution in [-0.4, -0.2) is 70.5 Å². The summed E-state index contributed by atoms with van der Waals surface area (Å²) in [6, 6.07) is 19.5. The fraction of sp³-hybridized carbons (Fsp3) is 0.395. The van der Waals surface area contributed by atoms with Crippen molar-refractivity contribution >= 4 is 23.7 Å². The van der Waals surface area contributed by atoms with Crippen LogP contribution in [0.3, 0.4) is 0 Å². The molecule has 0 spiro atoms. The van der Waals surface area contributed by atoms with Gasteiger partial charge in [0.2, 0.25) is 11.8 Å². The molecule has 0 radical (unpaired) electrons. The van der Waals surface area contributed by atoms with Crippen molar-refractivity contribution in [2.45, 2.75) is 90.1 Å². The maximum absolute atomic E-state index is 13.6. The third-order valence-corrected chi connectivity index (χ3v) is 9.11. The van der Waals surface area contributed by atoms with Crippen molar-refractivity contribution in [1.29, 1.82) is 0 Å². The van der Waals surface area contributed by atoms with Crippen LogP contribution in [0.5, 0.6) is 5.75 Å². The molecular weight excluding hydrogens is 697 g/mol. The van der Waals surface area contributed by atoms with E-state index in [1.54, 1.807) is 36.7 Å². The Hall–Kier alpha value is -5.62. The van der Waals surface area contributed by atoms with Crippen LogP contribution in [0.2, 0.25) is 0 Å². The highest BCUT2D eigenvalue weighted by Gasteiger charge is 2.29. The highest BCUT2D eigenvalue weighted by atomic mass is 16.5. The van der Waals surface area contributed by atoms with Gasteiger partial charge < -0.3 is 31.5 Å². The average molecular weight is 751 g/mol. The number of nitrogens with two attached hydrogens (primary N) is 1. The number of amides is 3. The van der Waals surface area contributed by atoms with E-state index >= 15 is 0 Å². The summed E-state index contributed by atoms with van der Waals surface area (Å²) >= 11 is 0. The zero-order valence-corrected chi connectivity index (χ0v) is 32.3. The molecule has 292 valence electrons. The Morgan fingerprint density at radius 2 is 1.42 bits per heavy atom. The third kappa shape index (κ3) is 13.3. The first-order chi connectivity index (χ1) is 26.4. The minimum atomic E-state index is -1.52. The number of benzene rings is 3. The van der Waals surface area contributed by atoms with Gasteiger partial charge in [-0.1, -0.05) is 102 Å². The first kappa shape index (κ1) is 42.1. The normalized spacial score (nSPS) is 12.3. The molecule has 2 atom stereocenters. The van der Waals surface area contributed by atoms with Gasteiger partial charge in [-0.15, -0.1) is 0 Å². The highest BCUT2D eigenvalue weighted by Crippen LogP contribution is 2.25. The van der Waals surface area contributed by atoms with Crippen molar-refractivity contribution < 1.29 is 29.0 Å². The lowest BCUT2D eigenvalue weighted by molar-refractivity contribution is -0.143. The summed E-state index contributed by atoms with van der Waals surface area (Å²) in [5, 5.41) is 17.5. The second kappa shape index (κ2) is 20.7. The minimum Gasteiger partial charge on any atom is -0.494 e. The Morgan fingerprint density at radius 1 is 0.782 bits per heavy atom. The SMILES string of the molecule is CCCCCCCOc1ccc(-c2cnc(-c3ccc(CC(NC(=O)c4ccc(C(C)(C)C)cc4)C(=O)NC(CC(=O)NCCN)C(=O)O)cc3)nc2)cc1. The lowest BCUT2D eigenvalue weighted by Crippen LogP contribution is -2.53. The van der Waals surface area contributed by atoms with E-state index in [4.69, 9.17) is 10.5 Å². The third-order valence-electron chi connectivity index (χ3n) is 9.11. The van der Waals surface area contributed by atoms with E-state index in [0.29, 0.717) is 23.6 Å². The zero-order valence-electron chi connectivity index (χ0n) is 32.3. The molecule has 12 heteroatoms. The van der Waals surface area contributed by atoms with E-state index in [-0.39, 0.29) is 24.9 Å². The second-order valence-corrected chi connectivity index (χ2v) is 14.6. The first-order valence-corrected chi connectivity index (χ1v) is 18.9. The van der Waals surface area contributed by atoms with Gasteiger partial charge in [-0.05, 0) is 52.8 Å². The molecule has 0 aliphatic heterocycles. The fourth-order valence-corrected chi connectivity index (χ4v) is 5.81. The highest BCUT2D eigenvalue weighted by molar-refractivity contribution is 5.98. The van der Waals surface area contributed by atoms with E-state index in [1.165, 1.54) is 25.7 Å². The summed E-state index contributed by atoms with van der Waals surface area (Å²) < 4.78 is 5.89. The number of rotatable bonds is 20. The van der Waals surface area contributed by atoms with E-state index in [0.717, 1.165) is 34.4 Å². The molecule has 0 bridgehead atoms. The van der Waals surface area contributed by atoms with Crippen molar-refractivity contribution in [2.75, 3.05) is 19.7 Å². The number of aromatic nitrogens is 2. The van der Waals surface area contributed by atoms with Crippen LogP contribution in [0.1, 0.15) is 87.7 Å². The van der Waals surface area contributed by atoms with Crippen molar-refractivity contribution in [3.05, 3.63) is 102 Å². The number of hydrogen-bond donors (Lipinski definition) is 5. The molecule has 6 N–H and O–H groups in total. The maximum atomic E-state index is 13.6. The van der Waals surface area contributed by atoms with Crippen molar-refractivity contribution in [1.82, 2.24) is 25.9 Å². The van der Waals surface area contributed by atoms with Gasteiger partial charge in [0.15, 0.2) is 5.82 Å². The maximum Gasteiger partial charge on any atom is 0.326 e. The summed E-state index contributed by atoms with van der Waals surface area (Å²) in [4.78, 5) is 60.4. The summed E-state index contributed by atoms with van der Waals surface area (Å²) in [7, 11) is 0. The molecule has 0 saturated heterocycles. The number of aliphatic carboxylic acids is 1. The number of ether oxygens (including phenoxy) is 1. The number of carboxylic acids is 1. The predicted molar refractivity (Wildman–Crippen MR) is 214 cm³/mol. The van der Waals surface area contributed by atoms with Crippen LogP contribution in [0.4, 0.5) is 0 Å². The van der Waals surface area contributed by atoms with Gasteiger partial charge >= 0.3 is 5.97 Å². The van der Waals surface area contributed by atoms with Crippen LogP contribution in [0.25, 0.3) is 22.5 Å². The number of carbonyl (C=O) groups is 4. The quantitative estimate of drug-likeness (QED) is 0.0693. The standard InChI is InChI=1S/C43H54N6O6/c1-5-6-7-8-9-24-55-35-20-16-30(17-21-35)33-27-46-39(47-28-33)31-12-10-29(11-13-31)25-36(41(52)49-37(42(53)54)26-38(50)45-23-22-44)48-40(51)32-14-18-34(19-15-32)43(2,3)4/h10-21,27-28,36-37H,5-9,22-26,44H2,1-4H3,(H,45,50)(H,48,51)(H,49,52)(H,53,54). The first-order valence-electron chi connectivity index (χ1n) is 18.9. The molecule has 2 unspecified atom stereocenters. The van der Waals surface area contributed by atoms with Gasteiger partial charge in [0.25, 0.3) is 5.91 Å². The number of carbonyl (C=O) groups excluding carboxylic acids is 3. The smallest absolute Gasteiger partial charge is 0.326 e. The number of nitrogens with one attached hydrogen (secondary N) is 3. The summed E-state index contributed by atoms with van der Waals surface area (Å²) in [6.07, 6.45) is 9.01. The predicted octanol–water partition coefficient (Wildman–Crippen LogP) is 5.83. The molecule has 4 rings (SSSR count). The Labute approximate surface area is 323 Å². The lowest BCUT2D eigenvalue weighted by atomic mass is 9.86. The van der Waals surface area contributed by atoms with Gasteiger partial charge in [-0.25, -0.2) is 14.8 Å². The van der Waals surface area contributed by atoms with Gasteiger partial charge in [0, 0.05) is 48.6 Å². The number of hydrogen-bond acceptors (Lipinski definition) is 8. The molecule has 3 aromatic carbocycles. The lowest BCUT2D eigenvalue weighted by Gasteiger charge is -2.22. The van der Waals surface area contributed by atoms with Crippen LogP contribution in [0, 0.1) is 0 Å². The van der Waals surface area contributed by atoms with Crippen molar-refractivity contribution in [2.24, 2.45) is 5.73 Å². The molecule has 0 saturated carbocycles. The van der Waals surface area contributed by atoms with Gasteiger partial charge in [0.05, 0.1) is 13.0 Å². The Bertz CT molecular complexity index is 1840. The monoisotopic (exact) mass is 750 g/mol. The number of nitrogens with zero attached hydrogens (tertiary/aromatic N) is 2. The van der Waals surface area contributed by atoms with E-state index in [2.05, 4.69) is 53.6 Å². The van der Waals surface area contributed by atoms with Crippen LogP contribution >= 0.6 is 0 Å². The molecule has 4 aromatic rings. The molecule has 3 amide bonds. The minimum absolute atomic E-state index is 0.0436. The van der Waals surface area contributed by atoms with Gasteiger partial charge in [-0.3, -0.25) is 14.4 Å². The number of carboxylic acid groups (broad SMARTS) is 1. The molecule has 1 aromatic heterocycles. The Kier molecular flexibility index (Phi) is 15.9. The molecule has 0 aliphatic rings. The topological polar surface area (TPSA) is 186 Å². The van der Waals surface area contributed by atoms with Gasteiger partial charge in [0.1, 0.15) is 17.8 Å². The second-order valence-electron chi connectivity index (χ2n) is 14.6. The Balaban J connectivity index is 1.45. The van der Waals surface area contributed by atoms with Crippen molar-refractivity contribution in [3.8, 4) is 28.3 Å². The summed E-state index contributed by atoms with van der Waals surface area (Å²) in [5.41, 5.74) is 9.97. The summed E-state index contributed by atoms with van der Waals surface area (Å²) in [5.74, 6) is -1.86. The molecule has 12 nitrogen and oxygen atoms in total. The van der Waals surface area contributed by atoms with Crippen molar-refractivity contribution in [3.63, 3.8) is 0 Å². The van der Waals surface area contributed by atoms with Crippen LogP contribution in [0.15, 0.2) is 85.2 Å². The molecule has 1 heterocycles. The van der Waals surface area contributed by atoms with E-state index in [1.807, 2.05) is 48.5 Å². The van der Waals surface area contributed by atoms with E-state index in [9.17, 15) is 24.3 Å². The average Bonchev–Trinajstić information content (AvgIpc) is 3.18. The van der Waals surface area contributed by atoms with Gasteiger partial charge in [-0.2, -0.15) is 0 Å². The number of unbranched alkanes of at least 4 members (excludes halogenated alkanes) is 4. The molecule has 0 aliphatic carbocycles. The van der Waals surface area contributed by atoms with Crippen LogP contribution in [-0.2, 0) is 26.2 Å².